The van der Waals surface area contributed by atoms with Crippen LogP contribution in [0.25, 0.3) is 0 Å². The minimum Gasteiger partial charge on any atom is -0.434 e. The molecule has 1 aliphatic heterocycles. The average molecular weight is 321 g/mol. The Bertz CT molecular complexity index is 454. The first kappa shape index (κ1) is 17.7. The van der Waals surface area contributed by atoms with Crippen molar-refractivity contribution in [1.29, 1.82) is 0 Å². The maximum atomic E-state index is 12.3. The van der Waals surface area contributed by atoms with E-state index >= 15 is 0 Å². The van der Waals surface area contributed by atoms with Crippen molar-refractivity contribution in [1.82, 2.24) is 10.6 Å². The quantitative estimate of drug-likeness (QED) is 0.846. The number of ether oxygens (including phenoxy) is 1. The third kappa shape index (κ3) is 5.85. The highest BCUT2D eigenvalue weighted by atomic mass is 35.5. The molecule has 21 heavy (non-hydrogen) atoms. The Labute approximate surface area is 128 Å². The van der Waals surface area contributed by atoms with Gasteiger partial charge in [-0.15, -0.1) is 12.4 Å². The highest BCUT2D eigenvalue weighted by Crippen LogP contribution is 2.20. The lowest BCUT2D eigenvalue weighted by Gasteiger charge is -2.13. The first-order valence-corrected chi connectivity index (χ1v) is 6.68. The van der Waals surface area contributed by atoms with E-state index in [1.165, 1.54) is 6.07 Å². The van der Waals surface area contributed by atoms with E-state index in [2.05, 4.69) is 15.4 Å². The lowest BCUT2D eigenvalue weighted by molar-refractivity contribution is -0.121. The summed E-state index contributed by atoms with van der Waals surface area (Å²) < 4.78 is 28.9. The summed E-state index contributed by atoms with van der Waals surface area (Å²) in [7, 11) is 0. The van der Waals surface area contributed by atoms with Crippen LogP contribution in [0, 0.1) is 0 Å². The van der Waals surface area contributed by atoms with E-state index in [0.717, 1.165) is 19.4 Å². The van der Waals surface area contributed by atoms with E-state index in [0.29, 0.717) is 12.0 Å². The lowest BCUT2D eigenvalue weighted by atomic mass is 10.1. The zero-order valence-electron chi connectivity index (χ0n) is 11.5. The second-order valence-corrected chi connectivity index (χ2v) is 4.76. The largest absolute Gasteiger partial charge is 0.434 e. The molecule has 7 heteroatoms. The van der Waals surface area contributed by atoms with Gasteiger partial charge >= 0.3 is 6.61 Å². The molecular formula is C14H19ClF2N2O2. The Morgan fingerprint density at radius 1 is 1.43 bits per heavy atom. The Hall–Kier alpha value is -1.40. The molecule has 118 valence electrons. The number of hydrogen-bond donors (Lipinski definition) is 2. The molecule has 1 aliphatic rings. The molecule has 1 heterocycles. The molecule has 1 aromatic rings. The number of benzene rings is 1. The van der Waals surface area contributed by atoms with Crippen LogP contribution in [0.5, 0.6) is 5.75 Å². The van der Waals surface area contributed by atoms with Crippen LogP contribution < -0.4 is 15.4 Å². The number of amides is 1. The minimum atomic E-state index is -2.87. The van der Waals surface area contributed by atoms with E-state index in [1.54, 1.807) is 18.2 Å². The molecule has 1 amide bonds. The molecule has 0 bridgehead atoms. The van der Waals surface area contributed by atoms with Crippen molar-refractivity contribution in [3.8, 4) is 5.75 Å². The highest BCUT2D eigenvalue weighted by Gasteiger charge is 2.17. The molecule has 0 saturated carbocycles. The molecule has 1 aromatic carbocycles. The van der Waals surface area contributed by atoms with Crippen LogP contribution in [0.3, 0.4) is 0 Å². The van der Waals surface area contributed by atoms with Crippen molar-refractivity contribution in [2.24, 2.45) is 0 Å². The summed E-state index contributed by atoms with van der Waals surface area (Å²) in [6.07, 6.45) is 2.50. The van der Waals surface area contributed by atoms with Gasteiger partial charge in [-0.05, 0) is 25.5 Å². The molecule has 0 radical (unpaired) electrons. The number of halogens is 3. The lowest BCUT2D eigenvalue weighted by Crippen LogP contribution is -2.31. The molecule has 2 N–H and O–H groups in total. The van der Waals surface area contributed by atoms with Crippen LogP contribution in [0.1, 0.15) is 24.8 Å². The Morgan fingerprint density at radius 2 is 2.19 bits per heavy atom. The van der Waals surface area contributed by atoms with Crippen LogP contribution in [0.2, 0.25) is 0 Å². The van der Waals surface area contributed by atoms with Gasteiger partial charge in [0, 0.05) is 24.6 Å². The summed E-state index contributed by atoms with van der Waals surface area (Å²) in [6, 6.07) is 6.68. The van der Waals surface area contributed by atoms with Gasteiger partial charge in [0.1, 0.15) is 5.75 Å². The van der Waals surface area contributed by atoms with Crippen LogP contribution >= 0.6 is 12.4 Å². The molecule has 0 aromatic heterocycles. The van der Waals surface area contributed by atoms with Crippen molar-refractivity contribution in [2.45, 2.75) is 38.5 Å². The van der Waals surface area contributed by atoms with E-state index in [1.807, 2.05) is 0 Å². The maximum absolute atomic E-state index is 12.3. The predicted octanol–water partition coefficient (Wildman–Crippen LogP) is 2.47. The summed E-state index contributed by atoms with van der Waals surface area (Å²) in [5.41, 5.74) is 0.542. The van der Waals surface area contributed by atoms with E-state index < -0.39 is 6.61 Å². The summed E-state index contributed by atoms with van der Waals surface area (Å²) in [5.74, 6) is 0.0121. The van der Waals surface area contributed by atoms with E-state index in [4.69, 9.17) is 0 Å². The Balaban J connectivity index is 0.00000220. The van der Waals surface area contributed by atoms with Crippen molar-refractivity contribution < 1.29 is 18.3 Å². The van der Waals surface area contributed by atoms with Crippen molar-refractivity contribution in [3.05, 3.63) is 29.8 Å². The molecular weight excluding hydrogens is 302 g/mol. The standard InChI is InChI=1S/C14H18F2N2O2.ClH/c15-14(16)20-12-6-2-1-4-10(12)9-18-13(19)8-11-5-3-7-17-11;/h1-2,4,6,11,14,17H,3,5,7-9H2,(H,18,19);1H. The third-order valence-electron chi connectivity index (χ3n) is 3.26. The minimum absolute atomic E-state index is 0. The normalized spacial score (nSPS) is 17.4. The molecule has 1 unspecified atom stereocenters. The topological polar surface area (TPSA) is 50.4 Å². The van der Waals surface area contributed by atoms with E-state index in [-0.39, 0.29) is 36.7 Å². The van der Waals surface area contributed by atoms with E-state index in [9.17, 15) is 13.6 Å². The highest BCUT2D eigenvalue weighted by molar-refractivity contribution is 5.85. The number of hydrogen-bond acceptors (Lipinski definition) is 3. The molecule has 0 aliphatic carbocycles. The van der Waals surface area contributed by atoms with Gasteiger partial charge in [-0.3, -0.25) is 4.79 Å². The second kappa shape index (κ2) is 8.79. The molecule has 1 fully saturated rings. The summed E-state index contributed by atoms with van der Waals surface area (Å²) >= 11 is 0. The van der Waals surface area contributed by atoms with Gasteiger partial charge in [0.05, 0.1) is 0 Å². The third-order valence-corrected chi connectivity index (χ3v) is 3.26. The summed E-state index contributed by atoms with van der Waals surface area (Å²) in [6.45, 7) is -1.73. The second-order valence-electron chi connectivity index (χ2n) is 4.76. The fourth-order valence-corrected chi connectivity index (χ4v) is 2.28. The zero-order valence-corrected chi connectivity index (χ0v) is 12.3. The number of carbonyl (C=O) groups excluding carboxylic acids is 1. The van der Waals surface area contributed by atoms with Gasteiger partial charge in [0.15, 0.2) is 0 Å². The van der Waals surface area contributed by atoms with Gasteiger partial charge in [-0.1, -0.05) is 18.2 Å². The Kier molecular flexibility index (Phi) is 7.39. The fourth-order valence-electron chi connectivity index (χ4n) is 2.28. The number of para-hydroxylation sites is 1. The monoisotopic (exact) mass is 320 g/mol. The number of alkyl halides is 2. The van der Waals surface area contributed by atoms with Gasteiger partial charge in [-0.25, -0.2) is 0 Å². The fraction of sp³-hybridized carbons (Fsp3) is 0.500. The van der Waals surface area contributed by atoms with Crippen LogP contribution in [0.4, 0.5) is 8.78 Å². The molecule has 1 atom stereocenters. The number of carbonyl (C=O) groups is 1. The molecule has 0 spiro atoms. The van der Waals surface area contributed by atoms with Crippen molar-refractivity contribution in [3.63, 3.8) is 0 Å². The Morgan fingerprint density at radius 3 is 2.86 bits per heavy atom. The average Bonchev–Trinajstić information content (AvgIpc) is 2.90. The SMILES string of the molecule is Cl.O=C(CC1CCCN1)NCc1ccccc1OC(F)F. The van der Waals surface area contributed by atoms with Crippen molar-refractivity contribution in [2.75, 3.05) is 6.54 Å². The molecule has 2 rings (SSSR count). The van der Waals surface area contributed by atoms with Crippen LogP contribution in [0.15, 0.2) is 24.3 Å². The van der Waals surface area contributed by atoms with Gasteiger partial charge < -0.3 is 15.4 Å². The van der Waals surface area contributed by atoms with Crippen LogP contribution in [-0.2, 0) is 11.3 Å². The molecule has 4 nitrogen and oxygen atoms in total. The first-order chi connectivity index (χ1) is 9.65. The number of nitrogens with one attached hydrogen (secondary N) is 2. The predicted molar refractivity (Wildman–Crippen MR) is 77.8 cm³/mol. The number of rotatable bonds is 6. The molecule has 1 saturated heterocycles. The smallest absolute Gasteiger partial charge is 0.387 e. The van der Waals surface area contributed by atoms with Gasteiger partial charge in [-0.2, -0.15) is 8.78 Å². The maximum Gasteiger partial charge on any atom is 0.387 e. The summed E-state index contributed by atoms with van der Waals surface area (Å²) in [4.78, 5) is 11.8. The van der Waals surface area contributed by atoms with Gasteiger partial charge in [0.2, 0.25) is 5.91 Å². The summed E-state index contributed by atoms with van der Waals surface area (Å²) in [5, 5.41) is 5.97. The van der Waals surface area contributed by atoms with Gasteiger partial charge in [0.25, 0.3) is 0 Å². The zero-order chi connectivity index (χ0) is 14.4. The first-order valence-electron chi connectivity index (χ1n) is 6.68. The van der Waals surface area contributed by atoms with Crippen molar-refractivity contribution >= 4 is 18.3 Å². The van der Waals surface area contributed by atoms with Crippen LogP contribution in [-0.4, -0.2) is 25.1 Å².